The van der Waals surface area contributed by atoms with Crippen LogP contribution < -0.4 is 0 Å². The quantitative estimate of drug-likeness (QED) is 0.220. The minimum Gasteiger partial charge on any atom is -0.417 e. The Bertz CT molecular complexity index is 758. The van der Waals surface area contributed by atoms with Gasteiger partial charge >= 0.3 is 0 Å². The van der Waals surface area contributed by atoms with Crippen LogP contribution in [0.25, 0.3) is 0 Å². The van der Waals surface area contributed by atoms with E-state index in [9.17, 15) is 0 Å². The predicted octanol–water partition coefficient (Wildman–Crippen LogP) is 9.36. The predicted molar refractivity (Wildman–Crippen MR) is 173 cm³/mol. The molecule has 1 saturated heterocycles. The molecule has 1 heterocycles. The van der Waals surface area contributed by atoms with Gasteiger partial charge in [-0.1, -0.05) is 62.3 Å². The second-order valence-electron chi connectivity index (χ2n) is 16.9. The van der Waals surface area contributed by atoms with E-state index in [-0.39, 0.29) is 39.5 Å². The standard InChI is InChI=1S/C31H66O5Si3/c1-29(2,3)37(10,11)33-21-19-24-25(23-34-38(12,13)30(4,5)6)26(35-28-18-16-17-20-32-28)22-27(24)36-39(14,15)31(7,8)9/h24-28H,16-23H2,1-15H3/t24-,25-,26-,27+,28?/m1/s1. The third kappa shape index (κ3) is 9.47. The summed E-state index contributed by atoms with van der Waals surface area (Å²) in [6.45, 7) is 37.5. The molecule has 8 heteroatoms. The molecule has 0 aromatic heterocycles. The highest BCUT2D eigenvalue weighted by Gasteiger charge is 2.50. The Hall–Kier alpha value is 0.451. The minimum absolute atomic E-state index is 0.0884. The summed E-state index contributed by atoms with van der Waals surface area (Å²) < 4.78 is 33.7. The second kappa shape index (κ2) is 13.0. The molecule has 0 aromatic carbocycles. The third-order valence-electron chi connectivity index (χ3n) is 10.8. The maximum absolute atomic E-state index is 7.20. The molecular formula is C31H66O5Si3. The highest BCUT2D eigenvalue weighted by molar-refractivity contribution is 6.74. The summed E-state index contributed by atoms with van der Waals surface area (Å²) >= 11 is 0. The van der Waals surface area contributed by atoms with Crippen LogP contribution in [0.2, 0.25) is 54.4 Å². The smallest absolute Gasteiger partial charge is 0.192 e. The Kier molecular flexibility index (Phi) is 11.9. The highest BCUT2D eigenvalue weighted by Crippen LogP contribution is 2.47. The molecule has 0 aromatic rings. The van der Waals surface area contributed by atoms with E-state index in [2.05, 4.69) is 102 Å². The van der Waals surface area contributed by atoms with Gasteiger partial charge in [0.15, 0.2) is 31.2 Å². The first kappa shape index (κ1) is 35.6. The molecule has 0 spiro atoms. The summed E-state index contributed by atoms with van der Waals surface area (Å²) in [5.41, 5.74) is 0. The Morgan fingerprint density at radius 3 is 1.69 bits per heavy atom. The summed E-state index contributed by atoms with van der Waals surface area (Å²) in [5.74, 6) is 0.629. The fourth-order valence-electron chi connectivity index (χ4n) is 4.81. The highest BCUT2D eigenvalue weighted by atomic mass is 28.4. The number of ether oxygens (including phenoxy) is 2. The van der Waals surface area contributed by atoms with Crippen molar-refractivity contribution in [2.24, 2.45) is 11.8 Å². The van der Waals surface area contributed by atoms with E-state index in [0.29, 0.717) is 5.92 Å². The average Bonchev–Trinajstić information content (AvgIpc) is 3.05. The molecular weight excluding hydrogens is 537 g/mol. The van der Waals surface area contributed by atoms with Gasteiger partial charge in [0.25, 0.3) is 0 Å². The van der Waals surface area contributed by atoms with Gasteiger partial charge in [-0.25, -0.2) is 0 Å². The van der Waals surface area contributed by atoms with Crippen LogP contribution in [0, 0.1) is 11.8 Å². The van der Waals surface area contributed by atoms with Gasteiger partial charge in [0.1, 0.15) is 0 Å². The van der Waals surface area contributed by atoms with Crippen molar-refractivity contribution in [3.63, 3.8) is 0 Å². The van der Waals surface area contributed by atoms with Crippen molar-refractivity contribution in [3.8, 4) is 0 Å². The van der Waals surface area contributed by atoms with Crippen molar-refractivity contribution in [1.82, 2.24) is 0 Å². The van der Waals surface area contributed by atoms with Gasteiger partial charge in [-0.05, 0) is 92.4 Å². The monoisotopic (exact) mass is 602 g/mol. The van der Waals surface area contributed by atoms with E-state index in [1.54, 1.807) is 0 Å². The van der Waals surface area contributed by atoms with Crippen LogP contribution in [0.15, 0.2) is 0 Å². The van der Waals surface area contributed by atoms with E-state index in [1.807, 2.05) is 0 Å². The lowest BCUT2D eigenvalue weighted by atomic mass is 9.91. The summed E-state index contributed by atoms with van der Waals surface area (Å²) in [5, 5.41) is 0.536. The SMILES string of the molecule is CC(C)(C)[Si](C)(C)OCC[C@@H]1[C@@H](CO[Si](C)(C)C(C)(C)C)[C@H](OC2CCCCO2)C[C@@H]1O[Si](C)(C)C(C)(C)C. The molecule has 232 valence electrons. The largest absolute Gasteiger partial charge is 0.417 e. The Labute approximate surface area is 246 Å². The fourth-order valence-corrected chi connectivity index (χ4v) is 8.29. The van der Waals surface area contributed by atoms with E-state index in [4.69, 9.17) is 22.8 Å². The van der Waals surface area contributed by atoms with Crippen molar-refractivity contribution in [2.75, 3.05) is 19.8 Å². The van der Waals surface area contributed by atoms with Gasteiger partial charge in [0, 0.05) is 25.7 Å². The molecule has 0 amide bonds. The van der Waals surface area contributed by atoms with E-state index >= 15 is 0 Å². The molecule has 0 bridgehead atoms. The van der Waals surface area contributed by atoms with Gasteiger partial charge in [-0.3, -0.25) is 0 Å². The lowest BCUT2D eigenvalue weighted by Gasteiger charge is -2.41. The summed E-state index contributed by atoms with van der Waals surface area (Å²) in [7, 11) is -5.71. The lowest BCUT2D eigenvalue weighted by molar-refractivity contribution is -0.197. The first-order valence-electron chi connectivity index (χ1n) is 15.7. The van der Waals surface area contributed by atoms with Gasteiger partial charge in [-0.15, -0.1) is 0 Å². The zero-order valence-corrected chi connectivity index (χ0v) is 31.6. The average molecular weight is 603 g/mol. The number of rotatable bonds is 11. The van der Waals surface area contributed by atoms with Crippen LogP contribution in [0.3, 0.4) is 0 Å². The molecule has 2 aliphatic rings. The fraction of sp³-hybridized carbons (Fsp3) is 1.00. The molecule has 1 aliphatic carbocycles. The Morgan fingerprint density at radius 2 is 1.21 bits per heavy atom. The first-order valence-corrected chi connectivity index (χ1v) is 24.4. The zero-order chi connectivity index (χ0) is 30.1. The minimum atomic E-state index is -1.97. The molecule has 1 unspecified atom stereocenters. The van der Waals surface area contributed by atoms with Crippen LogP contribution in [0.5, 0.6) is 0 Å². The zero-order valence-electron chi connectivity index (χ0n) is 28.6. The van der Waals surface area contributed by atoms with Crippen molar-refractivity contribution in [2.45, 2.75) is 167 Å². The van der Waals surface area contributed by atoms with E-state index in [1.165, 1.54) is 6.42 Å². The second-order valence-corrected chi connectivity index (χ2v) is 31.3. The molecule has 39 heavy (non-hydrogen) atoms. The summed E-state index contributed by atoms with van der Waals surface area (Å²) in [6, 6.07) is 0. The van der Waals surface area contributed by atoms with Gasteiger partial charge < -0.3 is 22.8 Å². The summed E-state index contributed by atoms with van der Waals surface area (Å²) in [4.78, 5) is 0. The number of hydrogen-bond acceptors (Lipinski definition) is 5. The summed E-state index contributed by atoms with van der Waals surface area (Å²) in [6.07, 6.45) is 5.35. The van der Waals surface area contributed by atoms with Crippen LogP contribution in [0.4, 0.5) is 0 Å². The van der Waals surface area contributed by atoms with Crippen molar-refractivity contribution in [3.05, 3.63) is 0 Å². The molecule has 2 fully saturated rings. The first-order chi connectivity index (χ1) is 17.5. The topological polar surface area (TPSA) is 46.2 Å². The third-order valence-corrected chi connectivity index (χ3v) is 24.4. The van der Waals surface area contributed by atoms with Crippen molar-refractivity contribution >= 4 is 25.0 Å². The molecule has 2 rings (SSSR count). The van der Waals surface area contributed by atoms with Gasteiger partial charge in [-0.2, -0.15) is 0 Å². The van der Waals surface area contributed by atoms with Crippen LogP contribution in [-0.4, -0.2) is 63.3 Å². The Balaban J connectivity index is 2.36. The van der Waals surface area contributed by atoms with Crippen LogP contribution in [0.1, 0.15) is 94.4 Å². The molecule has 1 aliphatic heterocycles. The van der Waals surface area contributed by atoms with Gasteiger partial charge in [0.05, 0.1) is 12.2 Å². The van der Waals surface area contributed by atoms with Crippen LogP contribution in [-0.2, 0) is 22.8 Å². The van der Waals surface area contributed by atoms with Gasteiger partial charge in [0.2, 0.25) is 0 Å². The number of hydrogen-bond donors (Lipinski definition) is 0. The molecule has 1 saturated carbocycles. The Morgan fingerprint density at radius 1 is 0.667 bits per heavy atom. The van der Waals surface area contributed by atoms with Crippen molar-refractivity contribution in [1.29, 1.82) is 0 Å². The molecule has 0 N–H and O–H groups in total. The lowest BCUT2D eigenvalue weighted by Crippen LogP contribution is -2.46. The normalized spacial score (nSPS) is 28.2. The molecule has 5 atom stereocenters. The van der Waals surface area contributed by atoms with E-state index in [0.717, 1.165) is 45.5 Å². The molecule has 5 nitrogen and oxygen atoms in total. The van der Waals surface area contributed by atoms with Crippen LogP contribution >= 0.6 is 0 Å². The van der Waals surface area contributed by atoms with Crippen molar-refractivity contribution < 1.29 is 22.8 Å². The van der Waals surface area contributed by atoms with E-state index < -0.39 is 25.0 Å². The maximum Gasteiger partial charge on any atom is 0.192 e. The molecule has 0 radical (unpaired) electrons. The maximum atomic E-state index is 7.20.